The average molecular weight is 474 g/mol. The van der Waals surface area contributed by atoms with Crippen molar-refractivity contribution in [3.05, 3.63) is 0 Å². The summed E-state index contributed by atoms with van der Waals surface area (Å²) in [5.74, 6) is 0.691. The summed E-state index contributed by atoms with van der Waals surface area (Å²) in [4.78, 5) is 1.44. The highest BCUT2D eigenvalue weighted by Crippen LogP contribution is 2.40. The fourth-order valence-corrected chi connectivity index (χ4v) is 1.28. The van der Waals surface area contributed by atoms with Crippen LogP contribution >= 0.6 is 0 Å². The van der Waals surface area contributed by atoms with E-state index in [4.69, 9.17) is 9.47 Å². The Morgan fingerprint density at radius 1 is 0.833 bits per heavy atom. The third kappa shape index (κ3) is 14.1. The van der Waals surface area contributed by atoms with Gasteiger partial charge in [-0.1, -0.05) is 0 Å². The summed E-state index contributed by atoms with van der Waals surface area (Å²) in [6.07, 6.45) is -14.6. The monoisotopic (exact) mass is 474 g/mol. The zero-order valence-electron chi connectivity index (χ0n) is 15.2. The molecule has 0 aromatic heterocycles. The summed E-state index contributed by atoms with van der Waals surface area (Å²) in [5.41, 5.74) is 0. The van der Waals surface area contributed by atoms with Crippen molar-refractivity contribution in [1.82, 2.24) is 0 Å². The number of hydrogen-bond acceptors (Lipinski definition) is 6. The molecule has 0 aromatic rings. The first-order chi connectivity index (χ1) is 13.9. The highest BCUT2D eigenvalue weighted by Gasteiger charge is 2.66. The summed E-state index contributed by atoms with van der Waals surface area (Å²) in [5, 5.41) is 0. The fraction of sp³-hybridized carbons (Fsp3) is 1.00. The maximum absolute atomic E-state index is 12.0. The van der Waals surface area contributed by atoms with E-state index in [0.717, 1.165) is 6.61 Å². The predicted molar refractivity (Wildman–Crippen MR) is 76.4 cm³/mol. The van der Waals surface area contributed by atoms with Gasteiger partial charge in [0.25, 0.3) is 0 Å². The van der Waals surface area contributed by atoms with Crippen molar-refractivity contribution in [1.29, 1.82) is 0 Å². The Morgan fingerprint density at radius 3 is 1.83 bits per heavy atom. The van der Waals surface area contributed by atoms with Gasteiger partial charge in [0.1, 0.15) is 12.8 Å². The first kappa shape index (κ1) is 29.1. The normalized spacial score (nSPS) is 18.8. The molecule has 30 heavy (non-hydrogen) atoms. The van der Waals surface area contributed by atoms with E-state index in [1.165, 1.54) is 17.8 Å². The molecule has 1 heterocycles. The smallest absolute Gasteiger partial charge is 0.376 e. The third-order valence-electron chi connectivity index (χ3n) is 2.96. The minimum absolute atomic E-state index is 0.208. The van der Waals surface area contributed by atoms with E-state index < -0.39 is 38.9 Å². The highest BCUT2D eigenvalue weighted by atomic mass is 19.4. The number of alkyl halides is 9. The molecular weight excluding hydrogens is 454 g/mol. The van der Waals surface area contributed by atoms with E-state index in [9.17, 15) is 44.0 Å². The molecule has 1 unspecified atom stereocenters. The average Bonchev–Trinajstić information content (AvgIpc) is 3.55. The first-order valence-electron chi connectivity index (χ1n) is 8.17. The molecule has 0 amide bonds. The maximum atomic E-state index is 12.0. The Hall–Kier alpha value is -0.940. The molecule has 6 nitrogen and oxygen atoms in total. The lowest BCUT2D eigenvalue weighted by Gasteiger charge is -2.25. The van der Waals surface area contributed by atoms with Crippen molar-refractivity contribution in [2.24, 2.45) is 5.92 Å². The second kappa shape index (κ2) is 14.2. The van der Waals surface area contributed by atoms with Crippen molar-refractivity contribution in [3.63, 3.8) is 0 Å². The van der Waals surface area contributed by atoms with Crippen molar-refractivity contribution in [3.8, 4) is 0 Å². The summed E-state index contributed by atoms with van der Waals surface area (Å²) in [7, 11) is 0. The highest BCUT2D eigenvalue weighted by molar-refractivity contribution is 4.71. The van der Waals surface area contributed by atoms with Gasteiger partial charge in [-0.3, -0.25) is 4.74 Å². The number of halogens is 10. The van der Waals surface area contributed by atoms with Crippen LogP contribution in [-0.2, 0) is 28.6 Å². The third-order valence-corrected chi connectivity index (χ3v) is 2.96. The van der Waals surface area contributed by atoms with E-state index in [0.29, 0.717) is 19.1 Å². The summed E-state index contributed by atoms with van der Waals surface area (Å²) in [6, 6.07) is 0. The maximum Gasteiger partial charge on any atom is 0.492 e. The second-order valence-corrected chi connectivity index (χ2v) is 5.57. The SMILES string of the molecule is FCCOCC1CO1.FCOC(F)(F)OC(F)(F)C(F)(F)OF.FCOCC1CC1. The van der Waals surface area contributed by atoms with E-state index in [-0.39, 0.29) is 12.7 Å². The van der Waals surface area contributed by atoms with Gasteiger partial charge in [-0.25, -0.2) is 17.9 Å². The van der Waals surface area contributed by atoms with E-state index in [2.05, 4.69) is 14.2 Å². The molecule has 1 saturated carbocycles. The Bertz CT molecular complexity index is 437. The van der Waals surface area contributed by atoms with Crippen molar-refractivity contribution < 1.29 is 72.7 Å². The Morgan fingerprint density at radius 2 is 1.43 bits per heavy atom. The number of hydrogen-bond donors (Lipinski definition) is 0. The van der Waals surface area contributed by atoms with E-state index in [1.807, 2.05) is 0 Å². The van der Waals surface area contributed by atoms with Crippen LogP contribution in [0.15, 0.2) is 0 Å². The largest absolute Gasteiger partial charge is 0.492 e. The minimum Gasteiger partial charge on any atom is -0.376 e. The van der Waals surface area contributed by atoms with Crippen LogP contribution in [0.4, 0.5) is 44.0 Å². The quantitative estimate of drug-likeness (QED) is 0.172. The molecule has 0 aromatic carbocycles. The number of ether oxygens (including phenoxy) is 5. The van der Waals surface area contributed by atoms with Crippen LogP contribution in [0.3, 0.4) is 0 Å². The van der Waals surface area contributed by atoms with Crippen LogP contribution in [0.25, 0.3) is 0 Å². The molecule has 1 saturated heterocycles. The molecule has 0 radical (unpaired) electrons. The van der Waals surface area contributed by atoms with Gasteiger partial charge in [-0.2, -0.15) is 17.6 Å². The van der Waals surface area contributed by atoms with Gasteiger partial charge >= 0.3 is 18.5 Å². The molecule has 1 aliphatic heterocycles. The van der Waals surface area contributed by atoms with Gasteiger partial charge in [0, 0.05) is 0 Å². The number of rotatable bonds is 13. The van der Waals surface area contributed by atoms with Gasteiger partial charge in [0.15, 0.2) is 13.7 Å². The molecule has 1 aliphatic carbocycles. The Labute approximate surface area is 164 Å². The zero-order chi connectivity index (χ0) is 23.3. The van der Waals surface area contributed by atoms with Crippen LogP contribution in [0.2, 0.25) is 0 Å². The summed E-state index contributed by atoms with van der Waals surface area (Å²) in [6.45, 7) is -1.11. The van der Waals surface area contributed by atoms with Gasteiger partial charge < -0.3 is 14.2 Å². The molecule has 1 atom stereocenters. The first-order valence-corrected chi connectivity index (χ1v) is 8.17. The lowest BCUT2D eigenvalue weighted by Crippen LogP contribution is -2.48. The zero-order valence-corrected chi connectivity index (χ0v) is 15.2. The topological polar surface area (TPSA) is 58.7 Å². The van der Waals surface area contributed by atoms with Crippen LogP contribution in [0.1, 0.15) is 12.8 Å². The van der Waals surface area contributed by atoms with Gasteiger partial charge in [0.2, 0.25) is 0 Å². The van der Waals surface area contributed by atoms with Crippen molar-refractivity contribution in [2.45, 2.75) is 37.5 Å². The molecule has 0 spiro atoms. The summed E-state index contributed by atoms with van der Waals surface area (Å²) >= 11 is 0. The molecule has 2 fully saturated rings. The Kier molecular flexibility index (Phi) is 13.7. The standard InChI is InChI=1S/C5H9FO2.C5H9FO.C4H2F8O3/c6-1-2-7-3-5-4-8-5;6-4-7-3-5-1-2-5;5-1-13-4(10,11)14-2(6,7)3(8,9)15-12/h5H,1-4H2;5H,1-4H2;1H2. The van der Waals surface area contributed by atoms with Gasteiger partial charge in [-0.05, 0) is 23.3 Å². The molecule has 16 heteroatoms. The van der Waals surface area contributed by atoms with Crippen LogP contribution in [-0.4, -0.2) is 71.4 Å². The molecule has 2 rings (SSSR count). The van der Waals surface area contributed by atoms with E-state index >= 15 is 0 Å². The molecular formula is C14H20F10O6. The minimum atomic E-state index is -6.04. The second-order valence-electron chi connectivity index (χ2n) is 5.57. The van der Waals surface area contributed by atoms with Gasteiger partial charge in [-0.15, -0.1) is 13.7 Å². The Balaban J connectivity index is 0.000000464. The van der Waals surface area contributed by atoms with Crippen LogP contribution < -0.4 is 0 Å². The van der Waals surface area contributed by atoms with Crippen molar-refractivity contribution in [2.75, 3.05) is 46.8 Å². The van der Waals surface area contributed by atoms with Crippen molar-refractivity contribution >= 4 is 0 Å². The lowest BCUT2D eigenvalue weighted by atomic mass is 10.5. The molecule has 2 aliphatic rings. The van der Waals surface area contributed by atoms with Gasteiger partial charge in [0.05, 0.1) is 26.4 Å². The molecule has 0 bridgehead atoms. The molecule has 0 N–H and O–H groups in total. The van der Waals surface area contributed by atoms with E-state index in [1.54, 1.807) is 0 Å². The van der Waals surface area contributed by atoms with Crippen LogP contribution in [0, 0.1) is 5.92 Å². The van der Waals surface area contributed by atoms with Crippen LogP contribution in [0.5, 0.6) is 0 Å². The fourth-order valence-electron chi connectivity index (χ4n) is 1.28. The molecule has 182 valence electrons. The number of epoxide rings is 1. The lowest BCUT2D eigenvalue weighted by molar-refractivity contribution is -0.548. The summed E-state index contributed by atoms with van der Waals surface area (Å²) < 4.78 is 135. The predicted octanol–water partition coefficient (Wildman–Crippen LogP) is 4.29.